The van der Waals surface area contributed by atoms with E-state index in [9.17, 15) is 14.4 Å². The van der Waals surface area contributed by atoms with Crippen molar-refractivity contribution in [2.45, 2.75) is 26.4 Å². The Morgan fingerprint density at radius 3 is 2.35 bits per heavy atom. The van der Waals surface area contributed by atoms with E-state index in [1.807, 2.05) is 0 Å². The number of aromatic carboxylic acids is 2. The zero-order chi connectivity index (χ0) is 17.6. The molecule has 0 aliphatic rings. The molecule has 0 saturated heterocycles. The van der Waals surface area contributed by atoms with Crippen molar-refractivity contribution in [2.24, 2.45) is 0 Å². The monoisotopic (exact) mass is 321 g/mol. The first-order valence-electron chi connectivity index (χ1n) is 6.84. The fourth-order valence-corrected chi connectivity index (χ4v) is 1.66. The van der Waals surface area contributed by atoms with Gasteiger partial charge in [-0.3, -0.25) is 0 Å². The number of hydrogen-bond acceptors (Lipinski definition) is 4. The average Bonchev–Trinajstić information content (AvgIpc) is 2.41. The van der Waals surface area contributed by atoms with Crippen LogP contribution in [0.15, 0.2) is 24.3 Å². The molecule has 0 heterocycles. The van der Waals surface area contributed by atoms with Crippen LogP contribution in [0.3, 0.4) is 0 Å². The Balaban J connectivity index is 2.75. The molecular formula is C16H19NO6. The Labute approximate surface area is 133 Å². The lowest BCUT2D eigenvalue weighted by molar-refractivity contribution is 0.0532. The van der Waals surface area contributed by atoms with Crippen molar-refractivity contribution < 1.29 is 29.3 Å². The first kappa shape index (κ1) is 18.2. The number of carbonyl (C=O) groups excluding carboxylic acids is 1. The molecule has 0 unspecified atom stereocenters. The standard InChI is InChI=1S/C16H19NO6/c1-16(2,3)23-15(22)17-8-4-5-10-6-7-11(13(18)19)9-12(10)14(20)21/h4-7,9H,8H2,1-3H3,(H,17,22)(H,18,19)(H,20,21). The van der Waals surface area contributed by atoms with E-state index in [4.69, 9.17) is 14.9 Å². The minimum atomic E-state index is -1.23. The van der Waals surface area contributed by atoms with Crippen LogP contribution in [0.5, 0.6) is 0 Å². The Morgan fingerprint density at radius 1 is 1.17 bits per heavy atom. The lowest BCUT2D eigenvalue weighted by Gasteiger charge is -2.19. The highest BCUT2D eigenvalue weighted by Gasteiger charge is 2.15. The van der Waals surface area contributed by atoms with Gasteiger partial charge in [-0.25, -0.2) is 14.4 Å². The van der Waals surface area contributed by atoms with E-state index in [-0.39, 0.29) is 17.7 Å². The van der Waals surface area contributed by atoms with Gasteiger partial charge in [0.1, 0.15) is 5.60 Å². The van der Waals surface area contributed by atoms with Crippen molar-refractivity contribution in [3.8, 4) is 0 Å². The first-order chi connectivity index (χ1) is 10.6. The fourth-order valence-electron chi connectivity index (χ4n) is 1.66. The summed E-state index contributed by atoms with van der Waals surface area (Å²) in [6, 6.07) is 3.80. The van der Waals surface area contributed by atoms with Crippen LogP contribution in [0, 0.1) is 0 Å². The van der Waals surface area contributed by atoms with Crippen LogP contribution < -0.4 is 5.32 Å². The number of hydrogen-bond donors (Lipinski definition) is 3. The molecule has 0 atom stereocenters. The molecule has 0 saturated carbocycles. The van der Waals surface area contributed by atoms with E-state index in [1.165, 1.54) is 18.2 Å². The lowest BCUT2D eigenvalue weighted by atomic mass is 10.0. The quantitative estimate of drug-likeness (QED) is 0.768. The molecule has 7 heteroatoms. The van der Waals surface area contributed by atoms with Gasteiger partial charge < -0.3 is 20.3 Å². The second kappa shape index (κ2) is 7.44. The molecule has 0 aromatic heterocycles. The number of rotatable bonds is 5. The van der Waals surface area contributed by atoms with E-state index in [0.717, 1.165) is 6.07 Å². The largest absolute Gasteiger partial charge is 0.478 e. The molecule has 1 rings (SSSR count). The van der Waals surface area contributed by atoms with Crippen LogP contribution >= 0.6 is 0 Å². The van der Waals surface area contributed by atoms with E-state index in [0.29, 0.717) is 5.56 Å². The van der Waals surface area contributed by atoms with Crippen LogP contribution in [0.2, 0.25) is 0 Å². The van der Waals surface area contributed by atoms with Crippen molar-refractivity contribution in [3.05, 3.63) is 41.0 Å². The molecule has 0 spiro atoms. The Hall–Kier alpha value is -2.83. The number of carbonyl (C=O) groups is 3. The highest BCUT2D eigenvalue weighted by molar-refractivity contribution is 5.96. The van der Waals surface area contributed by atoms with Crippen LogP contribution in [0.1, 0.15) is 47.1 Å². The minimum Gasteiger partial charge on any atom is -0.478 e. The molecular weight excluding hydrogens is 302 g/mol. The third kappa shape index (κ3) is 6.21. The Morgan fingerprint density at radius 2 is 1.83 bits per heavy atom. The predicted octanol–water partition coefficient (Wildman–Crippen LogP) is 2.62. The summed E-state index contributed by atoms with van der Waals surface area (Å²) in [4.78, 5) is 33.5. The maximum absolute atomic E-state index is 11.4. The maximum atomic E-state index is 11.4. The number of carboxylic acids is 2. The molecule has 1 aromatic carbocycles. The number of carboxylic acid groups (broad SMARTS) is 2. The summed E-state index contributed by atoms with van der Waals surface area (Å²) >= 11 is 0. The van der Waals surface area contributed by atoms with Crippen LogP contribution in [-0.4, -0.2) is 40.4 Å². The van der Waals surface area contributed by atoms with Crippen LogP contribution in [0.25, 0.3) is 6.08 Å². The molecule has 0 fully saturated rings. The number of nitrogens with one attached hydrogen (secondary N) is 1. The number of alkyl carbamates (subject to hydrolysis) is 1. The van der Waals surface area contributed by atoms with E-state index in [2.05, 4.69) is 5.32 Å². The van der Waals surface area contributed by atoms with Gasteiger partial charge in [-0.15, -0.1) is 0 Å². The number of ether oxygens (including phenoxy) is 1. The molecule has 0 radical (unpaired) electrons. The van der Waals surface area contributed by atoms with Crippen LogP contribution in [0.4, 0.5) is 4.79 Å². The highest BCUT2D eigenvalue weighted by Crippen LogP contribution is 2.14. The van der Waals surface area contributed by atoms with Crippen LogP contribution in [-0.2, 0) is 4.74 Å². The summed E-state index contributed by atoms with van der Waals surface area (Å²) < 4.78 is 5.05. The smallest absolute Gasteiger partial charge is 0.407 e. The molecule has 1 amide bonds. The molecule has 0 aliphatic carbocycles. The van der Waals surface area contributed by atoms with Gasteiger partial charge >= 0.3 is 18.0 Å². The second-order valence-corrected chi connectivity index (χ2v) is 5.70. The summed E-state index contributed by atoms with van der Waals surface area (Å²) in [5.74, 6) is -2.43. The van der Waals surface area contributed by atoms with Crippen molar-refractivity contribution in [3.63, 3.8) is 0 Å². The zero-order valence-electron chi connectivity index (χ0n) is 13.1. The van der Waals surface area contributed by atoms with Crippen molar-refractivity contribution >= 4 is 24.1 Å². The average molecular weight is 321 g/mol. The molecule has 1 aromatic rings. The summed E-state index contributed by atoms with van der Waals surface area (Å²) in [6.07, 6.45) is 2.46. The topological polar surface area (TPSA) is 113 Å². The van der Waals surface area contributed by atoms with Gasteiger partial charge in [-0.05, 0) is 38.5 Å². The summed E-state index contributed by atoms with van der Waals surface area (Å²) in [5, 5.41) is 20.5. The molecule has 124 valence electrons. The van der Waals surface area contributed by atoms with Crippen molar-refractivity contribution in [2.75, 3.05) is 6.54 Å². The fraction of sp³-hybridized carbons (Fsp3) is 0.312. The summed E-state index contributed by atoms with van der Waals surface area (Å²) in [7, 11) is 0. The number of benzene rings is 1. The maximum Gasteiger partial charge on any atom is 0.407 e. The van der Waals surface area contributed by atoms with Gasteiger partial charge in [-0.2, -0.15) is 0 Å². The molecule has 23 heavy (non-hydrogen) atoms. The normalized spacial score (nSPS) is 11.3. The summed E-state index contributed by atoms with van der Waals surface area (Å²) in [5.41, 5.74) is -0.491. The SMILES string of the molecule is CC(C)(C)OC(=O)NCC=Cc1ccc(C(=O)O)cc1C(=O)O. The van der Waals surface area contributed by atoms with E-state index in [1.54, 1.807) is 26.8 Å². The minimum absolute atomic E-state index is 0.105. The van der Waals surface area contributed by atoms with Gasteiger partial charge in [0.25, 0.3) is 0 Å². The molecule has 0 bridgehead atoms. The Bertz CT molecular complexity index is 642. The Kier molecular flexibility index (Phi) is 5.89. The third-order valence-corrected chi connectivity index (χ3v) is 2.59. The number of amides is 1. The predicted molar refractivity (Wildman–Crippen MR) is 83.6 cm³/mol. The van der Waals surface area contributed by atoms with Crippen molar-refractivity contribution in [1.29, 1.82) is 0 Å². The first-order valence-corrected chi connectivity index (χ1v) is 6.84. The zero-order valence-corrected chi connectivity index (χ0v) is 13.1. The van der Waals surface area contributed by atoms with Gasteiger partial charge in [0.2, 0.25) is 0 Å². The van der Waals surface area contributed by atoms with Crippen molar-refractivity contribution in [1.82, 2.24) is 5.32 Å². The van der Waals surface area contributed by atoms with Gasteiger partial charge in [0, 0.05) is 6.54 Å². The highest BCUT2D eigenvalue weighted by atomic mass is 16.6. The van der Waals surface area contributed by atoms with E-state index >= 15 is 0 Å². The van der Waals surface area contributed by atoms with Gasteiger partial charge in [0.15, 0.2) is 0 Å². The van der Waals surface area contributed by atoms with Gasteiger partial charge in [-0.1, -0.05) is 18.2 Å². The second-order valence-electron chi connectivity index (χ2n) is 5.70. The third-order valence-electron chi connectivity index (χ3n) is 2.59. The van der Waals surface area contributed by atoms with E-state index < -0.39 is 23.6 Å². The molecule has 3 N–H and O–H groups in total. The molecule has 0 aliphatic heterocycles. The lowest BCUT2D eigenvalue weighted by Crippen LogP contribution is -2.32. The summed E-state index contributed by atoms with van der Waals surface area (Å²) in [6.45, 7) is 5.37. The molecule has 7 nitrogen and oxygen atoms in total. The van der Waals surface area contributed by atoms with Gasteiger partial charge in [0.05, 0.1) is 11.1 Å².